The molecule has 4 aliphatic rings. The number of hydrogen-bond acceptors (Lipinski definition) is 6. The van der Waals surface area contributed by atoms with Crippen molar-refractivity contribution in [2.24, 2.45) is 0 Å². The van der Waals surface area contributed by atoms with Gasteiger partial charge >= 0.3 is 14.2 Å². The summed E-state index contributed by atoms with van der Waals surface area (Å²) >= 11 is 0. The zero-order chi connectivity index (χ0) is 32.4. The van der Waals surface area contributed by atoms with Crippen LogP contribution in [0.3, 0.4) is 0 Å². The average molecular weight is 623 g/mol. The third-order valence-electron chi connectivity index (χ3n) is 10.9. The van der Waals surface area contributed by atoms with Gasteiger partial charge in [0, 0.05) is 10.9 Å². The molecule has 5 heterocycles. The molecule has 1 aromatic heterocycles. The molecule has 7 nitrogen and oxygen atoms in total. The zero-order valence-corrected chi connectivity index (χ0v) is 27.8. The lowest BCUT2D eigenvalue weighted by Gasteiger charge is -2.32. The predicted octanol–water partition coefficient (Wildman–Crippen LogP) is 6.31. The Kier molecular flexibility index (Phi) is 6.44. The molecule has 4 aromatic rings. The van der Waals surface area contributed by atoms with Crippen molar-refractivity contribution in [1.29, 1.82) is 0 Å². The molecule has 8 rings (SSSR count). The van der Waals surface area contributed by atoms with Gasteiger partial charge in [0.05, 0.1) is 45.8 Å². The maximum atomic E-state index is 16.4. The van der Waals surface area contributed by atoms with Crippen molar-refractivity contribution in [1.82, 2.24) is 4.57 Å². The lowest BCUT2D eigenvalue weighted by Crippen LogP contribution is -2.41. The minimum atomic E-state index is -0.723. The Morgan fingerprint density at radius 3 is 2.04 bits per heavy atom. The van der Waals surface area contributed by atoms with Crippen molar-refractivity contribution in [3.8, 4) is 22.8 Å². The second-order valence-corrected chi connectivity index (χ2v) is 15.1. The van der Waals surface area contributed by atoms with Crippen molar-refractivity contribution in [2.45, 2.75) is 96.9 Å². The Bertz CT molecular complexity index is 1870. The fraction of sp³-hybridized carbons (Fsp3) is 0.444. The van der Waals surface area contributed by atoms with Gasteiger partial charge < -0.3 is 32.7 Å². The summed E-state index contributed by atoms with van der Waals surface area (Å²) in [6, 6.07) is 17.8. The summed E-state index contributed by atoms with van der Waals surface area (Å²) in [5, 5.41) is 0.937. The van der Waals surface area contributed by atoms with E-state index in [1.165, 1.54) is 11.6 Å². The van der Waals surface area contributed by atoms with E-state index in [1.807, 2.05) is 79.7 Å². The molecular formula is C36H40B2FNO6. The Hall–Kier alpha value is -3.30. The van der Waals surface area contributed by atoms with E-state index in [2.05, 4.69) is 28.8 Å². The standard InChI is InChI=1S/C36H40B2FNO6/c1-33(2)34(3,4)44-37(43-33)24-13-14-27-23(16-24)17-28-31-26(39)19-25(38-45-35(5,6)36(7,8)46-38)20-30(31)42-32(40(27)28)22-12-11-21-10-9-15-41-29(21)18-22/h11-14,16-20,32H,9-10,15H2,1-8H3. The first-order valence-corrected chi connectivity index (χ1v) is 16.3. The number of ether oxygens (including phenoxy) is 2. The lowest BCUT2D eigenvalue weighted by molar-refractivity contribution is 0.00578. The molecule has 0 aliphatic carbocycles. The number of rotatable bonds is 3. The van der Waals surface area contributed by atoms with Crippen LogP contribution in [0.2, 0.25) is 0 Å². The first-order valence-electron chi connectivity index (χ1n) is 16.3. The van der Waals surface area contributed by atoms with E-state index >= 15 is 4.39 Å². The third kappa shape index (κ3) is 4.48. The van der Waals surface area contributed by atoms with Crippen molar-refractivity contribution in [3.05, 3.63) is 71.5 Å². The van der Waals surface area contributed by atoms with Crippen LogP contribution in [0.15, 0.2) is 54.6 Å². The molecule has 0 radical (unpaired) electrons. The van der Waals surface area contributed by atoms with E-state index in [1.54, 1.807) is 0 Å². The number of nitrogens with zero attached hydrogens (tertiary/aromatic N) is 1. The molecule has 0 amide bonds. The van der Waals surface area contributed by atoms with Gasteiger partial charge in [-0.2, -0.15) is 0 Å². The van der Waals surface area contributed by atoms with E-state index in [0.717, 1.165) is 46.2 Å². The van der Waals surface area contributed by atoms with Crippen LogP contribution in [0, 0.1) is 5.82 Å². The largest absolute Gasteiger partial charge is 0.495 e. The van der Waals surface area contributed by atoms with Gasteiger partial charge in [0.15, 0.2) is 0 Å². The highest BCUT2D eigenvalue weighted by Gasteiger charge is 2.53. The monoisotopic (exact) mass is 623 g/mol. The molecule has 46 heavy (non-hydrogen) atoms. The van der Waals surface area contributed by atoms with Gasteiger partial charge in [0.25, 0.3) is 0 Å². The maximum Gasteiger partial charge on any atom is 0.495 e. The fourth-order valence-corrected chi connectivity index (χ4v) is 6.78. The summed E-state index contributed by atoms with van der Waals surface area (Å²) in [6.45, 7) is 16.8. The van der Waals surface area contributed by atoms with E-state index in [-0.39, 0.29) is 0 Å². The van der Waals surface area contributed by atoms with Crippen molar-refractivity contribution < 1.29 is 32.5 Å². The molecule has 2 fully saturated rings. The van der Waals surface area contributed by atoms with E-state index in [0.29, 0.717) is 23.4 Å². The van der Waals surface area contributed by atoms with Crippen LogP contribution in [0.1, 0.15) is 79.2 Å². The maximum absolute atomic E-state index is 16.4. The molecule has 0 spiro atoms. The summed E-state index contributed by atoms with van der Waals surface area (Å²) in [5.41, 5.74) is 3.60. The zero-order valence-electron chi connectivity index (χ0n) is 27.8. The predicted molar refractivity (Wildman–Crippen MR) is 178 cm³/mol. The van der Waals surface area contributed by atoms with Gasteiger partial charge in [0.2, 0.25) is 6.23 Å². The molecule has 3 aromatic carbocycles. The van der Waals surface area contributed by atoms with E-state index < -0.39 is 48.7 Å². The van der Waals surface area contributed by atoms with E-state index in [4.69, 9.17) is 28.1 Å². The van der Waals surface area contributed by atoms with Crippen molar-refractivity contribution in [3.63, 3.8) is 0 Å². The highest BCUT2D eigenvalue weighted by molar-refractivity contribution is 6.62. The minimum Gasteiger partial charge on any atom is -0.493 e. The van der Waals surface area contributed by atoms with Crippen molar-refractivity contribution >= 4 is 36.1 Å². The molecule has 1 unspecified atom stereocenters. The Labute approximate surface area is 270 Å². The number of halogens is 1. The molecule has 10 heteroatoms. The van der Waals surface area contributed by atoms with Crippen LogP contribution in [-0.2, 0) is 25.0 Å². The fourth-order valence-electron chi connectivity index (χ4n) is 6.78. The summed E-state index contributed by atoms with van der Waals surface area (Å²) in [7, 11) is -1.23. The van der Waals surface area contributed by atoms with Gasteiger partial charge in [-0.25, -0.2) is 4.39 Å². The summed E-state index contributed by atoms with van der Waals surface area (Å²) in [5.74, 6) is 0.913. The van der Waals surface area contributed by atoms with Crippen LogP contribution in [0.4, 0.5) is 4.39 Å². The molecule has 1 atom stereocenters. The highest BCUT2D eigenvalue weighted by atomic mass is 19.1. The molecule has 2 saturated heterocycles. The molecule has 238 valence electrons. The normalized spacial score (nSPS) is 23.5. The van der Waals surface area contributed by atoms with Crippen LogP contribution >= 0.6 is 0 Å². The SMILES string of the molecule is CC1(C)OB(c2cc(F)c3c(c2)OC(c2ccc4c(c2)OCCC4)n2c-3cc3cc(B4OC(C)(C)C(C)(C)O4)ccc32)OC1(C)C. The van der Waals surface area contributed by atoms with Gasteiger partial charge in [-0.05, 0) is 115 Å². The van der Waals surface area contributed by atoms with Crippen LogP contribution in [0.25, 0.3) is 22.2 Å². The molecule has 4 aliphatic heterocycles. The lowest BCUT2D eigenvalue weighted by atomic mass is 9.78. The number of benzene rings is 3. The van der Waals surface area contributed by atoms with Gasteiger partial charge in [-0.3, -0.25) is 0 Å². The summed E-state index contributed by atoms with van der Waals surface area (Å²) < 4.78 is 56.6. The minimum absolute atomic E-state index is 0.398. The highest BCUT2D eigenvalue weighted by Crippen LogP contribution is 2.46. The smallest absolute Gasteiger partial charge is 0.493 e. The van der Waals surface area contributed by atoms with Gasteiger partial charge in [0.1, 0.15) is 17.3 Å². The molecular weight excluding hydrogens is 583 g/mol. The molecule has 0 bridgehead atoms. The first-order chi connectivity index (χ1) is 21.6. The second-order valence-electron chi connectivity index (χ2n) is 15.1. The van der Waals surface area contributed by atoms with Gasteiger partial charge in [-0.1, -0.05) is 24.3 Å². The van der Waals surface area contributed by atoms with Crippen LogP contribution in [-0.4, -0.2) is 47.8 Å². The Balaban J connectivity index is 1.27. The van der Waals surface area contributed by atoms with Gasteiger partial charge in [-0.15, -0.1) is 0 Å². The Morgan fingerprint density at radius 1 is 0.717 bits per heavy atom. The summed E-state index contributed by atoms with van der Waals surface area (Å²) in [6.07, 6.45) is 1.41. The Morgan fingerprint density at radius 2 is 1.37 bits per heavy atom. The molecule has 0 saturated carbocycles. The topological polar surface area (TPSA) is 60.3 Å². The van der Waals surface area contributed by atoms with E-state index in [9.17, 15) is 0 Å². The van der Waals surface area contributed by atoms with Crippen LogP contribution < -0.4 is 20.4 Å². The number of hydrogen-bond donors (Lipinski definition) is 0. The van der Waals surface area contributed by atoms with Crippen LogP contribution in [0.5, 0.6) is 11.5 Å². The third-order valence-corrected chi connectivity index (χ3v) is 10.9. The second kappa shape index (κ2) is 9.86. The molecule has 0 N–H and O–H groups in total. The number of aromatic nitrogens is 1. The first kappa shape index (κ1) is 30.1. The number of aryl methyl sites for hydroxylation is 1. The quantitative estimate of drug-likeness (QED) is 0.250. The number of fused-ring (bicyclic) bond motifs is 6. The summed E-state index contributed by atoms with van der Waals surface area (Å²) in [4.78, 5) is 0. The average Bonchev–Trinajstić information content (AvgIpc) is 3.55. The van der Waals surface area contributed by atoms with Crippen molar-refractivity contribution in [2.75, 3.05) is 6.61 Å².